The predicted molar refractivity (Wildman–Crippen MR) is 158 cm³/mol. The number of fused-ring (bicyclic) bond motifs is 1. The number of aliphatic carboxylic acids is 1. The Hall–Kier alpha value is -4.02. The third kappa shape index (κ3) is 6.18. The van der Waals surface area contributed by atoms with Gasteiger partial charge in [-0.15, -0.1) is 0 Å². The Morgan fingerprint density at radius 1 is 1.07 bits per heavy atom. The number of aromatic nitrogens is 4. The summed E-state index contributed by atoms with van der Waals surface area (Å²) in [6.07, 6.45) is 4.98. The van der Waals surface area contributed by atoms with Crippen molar-refractivity contribution in [2.75, 3.05) is 31.5 Å². The average Bonchev–Trinajstić information content (AvgIpc) is 3.61. The summed E-state index contributed by atoms with van der Waals surface area (Å²) in [7, 11) is 1.69. The highest BCUT2D eigenvalue weighted by Gasteiger charge is 2.38. The van der Waals surface area contributed by atoms with Gasteiger partial charge in [0.2, 0.25) is 5.95 Å². The van der Waals surface area contributed by atoms with Gasteiger partial charge in [0.1, 0.15) is 0 Å². The van der Waals surface area contributed by atoms with E-state index in [0.29, 0.717) is 19.0 Å². The highest BCUT2D eigenvalue weighted by atomic mass is 16.4. The van der Waals surface area contributed by atoms with Gasteiger partial charge >= 0.3 is 11.7 Å². The summed E-state index contributed by atoms with van der Waals surface area (Å²) >= 11 is 0. The summed E-state index contributed by atoms with van der Waals surface area (Å²) in [6.45, 7) is 3.05. The molecule has 4 aromatic rings. The molecule has 2 aliphatic heterocycles. The van der Waals surface area contributed by atoms with Gasteiger partial charge < -0.3 is 20.0 Å². The lowest BCUT2D eigenvalue weighted by Crippen LogP contribution is -2.48. The number of aryl methyl sites for hydroxylation is 1. The number of carbonyl (C=O) groups is 1. The standard InChI is InChI=1S/C31H37N7O3/c1-36-14-13-27(35-31(36)41)28-18-24(12-16-38(28)19-22(29(39)40)17-21-7-3-2-4-8-21)37-15-11-23(20-37)32-30-33-25-9-5-6-10-26(25)34-30/h2-10,13-14,22-24,28H,11-12,15-20H2,1H3,(H,39,40)(H2,32,33,34)/t22-,23?,24?,28?/m0/s1. The zero-order chi connectivity index (χ0) is 28.3. The zero-order valence-corrected chi connectivity index (χ0v) is 23.3. The van der Waals surface area contributed by atoms with E-state index in [2.05, 4.69) is 30.1 Å². The Bertz CT molecular complexity index is 1520. The minimum Gasteiger partial charge on any atom is -0.481 e. The number of carboxylic acid groups (broad SMARTS) is 1. The fraction of sp³-hybridized carbons (Fsp3) is 0.419. The molecule has 214 valence electrons. The van der Waals surface area contributed by atoms with Gasteiger partial charge in [-0.3, -0.25) is 14.6 Å². The Morgan fingerprint density at radius 3 is 2.66 bits per heavy atom. The maximum Gasteiger partial charge on any atom is 0.347 e. The second-order valence-electron chi connectivity index (χ2n) is 11.4. The van der Waals surface area contributed by atoms with Crippen LogP contribution in [-0.2, 0) is 18.3 Å². The Balaban J connectivity index is 1.16. The normalized spacial score (nSPS) is 22.6. The fourth-order valence-electron chi connectivity index (χ4n) is 6.38. The Labute approximate surface area is 239 Å². The number of imidazole rings is 1. The molecule has 3 unspecified atom stereocenters. The van der Waals surface area contributed by atoms with Crippen LogP contribution in [0.25, 0.3) is 11.0 Å². The van der Waals surface area contributed by atoms with E-state index in [0.717, 1.165) is 67.1 Å². The molecule has 6 rings (SSSR count). The third-order valence-corrected chi connectivity index (χ3v) is 8.62. The molecule has 2 saturated heterocycles. The number of piperidine rings is 1. The molecule has 0 radical (unpaired) electrons. The van der Waals surface area contributed by atoms with E-state index >= 15 is 0 Å². The Kier molecular flexibility index (Phi) is 7.84. The van der Waals surface area contributed by atoms with Crippen LogP contribution in [0, 0.1) is 5.92 Å². The molecule has 10 heteroatoms. The first-order chi connectivity index (χ1) is 19.9. The molecule has 0 aliphatic carbocycles. The fourth-order valence-corrected chi connectivity index (χ4v) is 6.38. The van der Waals surface area contributed by atoms with Crippen LogP contribution < -0.4 is 11.0 Å². The molecule has 2 aromatic carbocycles. The molecular formula is C31H37N7O3. The maximum atomic E-state index is 12.5. The van der Waals surface area contributed by atoms with E-state index in [9.17, 15) is 14.7 Å². The molecule has 41 heavy (non-hydrogen) atoms. The van der Waals surface area contributed by atoms with Gasteiger partial charge in [0.25, 0.3) is 0 Å². The second kappa shape index (κ2) is 11.8. The van der Waals surface area contributed by atoms with Crippen LogP contribution in [0.3, 0.4) is 0 Å². The largest absolute Gasteiger partial charge is 0.481 e. The number of para-hydroxylation sites is 2. The lowest BCUT2D eigenvalue weighted by molar-refractivity contribution is -0.142. The minimum absolute atomic E-state index is 0.123. The lowest BCUT2D eigenvalue weighted by Gasteiger charge is -2.43. The van der Waals surface area contributed by atoms with E-state index in [-0.39, 0.29) is 17.8 Å². The number of nitrogens with one attached hydrogen (secondary N) is 2. The minimum atomic E-state index is -0.800. The molecule has 4 atom stereocenters. The number of aromatic amines is 1. The van der Waals surface area contributed by atoms with Gasteiger partial charge in [0.05, 0.1) is 28.7 Å². The number of anilines is 1. The van der Waals surface area contributed by atoms with Gasteiger partial charge in [-0.1, -0.05) is 42.5 Å². The summed E-state index contributed by atoms with van der Waals surface area (Å²) in [5.74, 6) is -0.550. The molecular weight excluding hydrogens is 518 g/mol. The van der Waals surface area contributed by atoms with Crippen molar-refractivity contribution < 1.29 is 9.90 Å². The van der Waals surface area contributed by atoms with Gasteiger partial charge in [-0.2, -0.15) is 4.98 Å². The smallest absolute Gasteiger partial charge is 0.347 e. The maximum absolute atomic E-state index is 12.5. The number of rotatable bonds is 9. The predicted octanol–water partition coefficient (Wildman–Crippen LogP) is 3.29. The van der Waals surface area contributed by atoms with Crippen molar-refractivity contribution in [3.05, 3.63) is 88.6 Å². The van der Waals surface area contributed by atoms with Crippen molar-refractivity contribution in [3.8, 4) is 0 Å². The third-order valence-electron chi connectivity index (χ3n) is 8.62. The first kappa shape index (κ1) is 27.2. The van der Waals surface area contributed by atoms with E-state index < -0.39 is 11.9 Å². The van der Waals surface area contributed by atoms with E-state index in [1.165, 1.54) is 4.57 Å². The number of likely N-dealkylation sites (tertiary alicyclic amines) is 2. The number of benzene rings is 2. The molecule has 2 fully saturated rings. The monoisotopic (exact) mass is 555 g/mol. The van der Waals surface area contributed by atoms with E-state index in [1.807, 2.05) is 60.7 Å². The zero-order valence-electron chi connectivity index (χ0n) is 23.3. The number of nitrogens with zero attached hydrogens (tertiary/aromatic N) is 5. The SMILES string of the molecule is Cn1ccc(C2CC(N3CCC(Nc4nc5ccccc5[nH]4)C3)CCN2C[C@H](Cc2ccccc2)C(=O)O)nc1=O. The molecule has 10 nitrogen and oxygen atoms in total. The molecule has 0 saturated carbocycles. The first-order valence-corrected chi connectivity index (χ1v) is 14.4. The van der Waals surface area contributed by atoms with Crippen LogP contribution in [-0.4, -0.2) is 78.7 Å². The van der Waals surface area contributed by atoms with E-state index in [1.54, 1.807) is 13.2 Å². The number of carboxylic acids is 1. The molecule has 2 aliphatic rings. The molecule has 0 bridgehead atoms. The van der Waals surface area contributed by atoms with E-state index in [4.69, 9.17) is 0 Å². The number of H-pyrrole nitrogens is 1. The molecule has 0 amide bonds. The summed E-state index contributed by atoms with van der Waals surface area (Å²) in [4.78, 5) is 42.0. The van der Waals surface area contributed by atoms with Gasteiger partial charge in [-0.25, -0.2) is 9.78 Å². The van der Waals surface area contributed by atoms with Crippen molar-refractivity contribution in [1.82, 2.24) is 29.3 Å². The van der Waals surface area contributed by atoms with Crippen molar-refractivity contribution in [1.29, 1.82) is 0 Å². The van der Waals surface area contributed by atoms with Crippen LogP contribution in [0.15, 0.2) is 71.7 Å². The van der Waals surface area contributed by atoms with Crippen molar-refractivity contribution >= 4 is 23.0 Å². The number of hydrogen-bond acceptors (Lipinski definition) is 7. The van der Waals surface area contributed by atoms with Gasteiger partial charge in [-0.05, 0) is 49.4 Å². The molecule has 4 heterocycles. The van der Waals surface area contributed by atoms with Crippen LogP contribution >= 0.6 is 0 Å². The molecule has 2 aromatic heterocycles. The summed E-state index contributed by atoms with van der Waals surface area (Å²) in [5, 5.41) is 13.7. The van der Waals surface area contributed by atoms with Crippen molar-refractivity contribution in [3.63, 3.8) is 0 Å². The summed E-state index contributed by atoms with van der Waals surface area (Å²) < 4.78 is 1.47. The van der Waals surface area contributed by atoms with Crippen molar-refractivity contribution in [2.24, 2.45) is 13.0 Å². The van der Waals surface area contributed by atoms with Crippen LogP contribution in [0.5, 0.6) is 0 Å². The first-order valence-electron chi connectivity index (χ1n) is 14.4. The van der Waals surface area contributed by atoms with Crippen LogP contribution in [0.4, 0.5) is 5.95 Å². The quantitative estimate of drug-likeness (QED) is 0.288. The Morgan fingerprint density at radius 2 is 1.88 bits per heavy atom. The van der Waals surface area contributed by atoms with Crippen molar-refractivity contribution in [2.45, 2.75) is 43.8 Å². The van der Waals surface area contributed by atoms with Crippen LogP contribution in [0.2, 0.25) is 0 Å². The second-order valence-corrected chi connectivity index (χ2v) is 11.4. The van der Waals surface area contributed by atoms with Crippen LogP contribution in [0.1, 0.15) is 36.6 Å². The number of hydrogen-bond donors (Lipinski definition) is 3. The summed E-state index contributed by atoms with van der Waals surface area (Å²) in [5.41, 5.74) is 3.41. The van der Waals surface area contributed by atoms with Gasteiger partial charge in [0, 0.05) is 51.5 Å². The summed E-state index contributed by atoms with van der Waals surface area (Å²) in [6, 6.07) is 20.2. The molecule has 3 N–H and O–H groups in total. The topological polar surface area (TPSA) is 119 Å². The molecule has 0 spiro atoms. The lowest BCUT2D eigenvalue weighted by atomic mass is 9.91. The average molecular weight is 556 g/mol. The van der Waals surface area contributed by atoms with Gasteiger partial charge in [0.15, 0.2) is 0 Å². The highest BCUT2D eigenvalue weighted by molar-refractivity contribution is 5.77. The highest BCUT2D eigenvalue weighted by Crippen LogP contribution is 2.34.